The van der Waals surface area contributed by atoms with E-state index >= 15 is 0 Å². The molecule has 0 saturated carbocycles. The van der Waals surface area contributed by atoms with Crippen molar-refractivity contribution >= 4 is 40.6 Å². The Morgan fingerprint density at radius 1 is 1.06 bits per heavy atom. The minimum atomic E-state index is 0.0481. The van der Waals surface area contributed by atoms with Gasteiger partial charge in [0.2, 0.25) is 5.91 Å². The summed E-state index contributed by atoms with van der Waals surface area (Å²) in [5, 5.41) is 12.1. The van der Waals surface area contributed by atoms with E-state index in [1.54, 1.807) is 16.2 Å². The molecule has 2 aromatic carbocycles. The van der Waals surface area contributed by atoms with Crippen LogP contribution in [0.25, 0.3) is 11.4 Å². The number of halogens is 1. The fraction of sp³-hybridized carbons (Fsp3) is 0.174. The summed E-state index contributed by atoms with van der Waals surface area (Å²) in [5.74, 6) is 1.03. The van der Waals surface area contributed by atoms with Gasteiger partial charge in [0, 0.05) is 17.5 Å². The lowest BCUT2D eigenvalue weighted by molar-refractivity contribution is -0.127. The van der Waals surface area contributed by atoms with Gasteiger partial charge in [-0.2, -0.15) is 0 Å². The molecule has 31 heavy (non-hydrogen) atoms. The van der Waals surface area contributed by atoms with Crippen LogP contribution in [0.1, 0.15) is 10.4 Å². The van der Waals surface area contributed by atoms with E-state index in [1.807, 2.05) is 71.6 Å². The smallest absolute Gasteiger partial charge is 0.233 e. The molecule has 0 atom stereocenters. The Hall–Kier alpha value is -2.61. The first kappa shape index (κ1) is 21.6. The van der Waals surface area contributed by atoms with Crippen molar-refractivity contribution in [1.82, 2.24) is 19.7 Å². The highest BCUT2D eigenvalue weighted by atomic mass is 35.5. The van der Waals surface area contributed by atoms with E-state index in [0.29, 0.717) is 29.1 Å². The molecule has 158 valence electrons. The number of nitrogens with zero attached hydrogens (tertiary/aromatic N) is 4. The number of amides is 1. The third kappa shape index (κ3) is 5.36. The molecule has 0 bridgehead atoms. The lowest BCUT2D eigenvalue weighted by Gasteiger charge is -2.16. The van der Waals surface area contributed by atoms with E-state index in [-0.39, 0.29) is 11.7 Å². The summed E-state index contributed by atoms with van der Waals surface area (Å²) in [6, 6.07) is 21.7. The van der Waals surface area contributed by atoms with Crippen molar-refractivity contribution in [3.63, 3.8) is 0 Å². The maximum Gasteiger partial charge on any atom is 0.233 e. The largest absolute Gasteiger partial charge is 0.340 e. The van der Waals surface area contributed by atoms with Crippen molar-refractivity contribution < 1.29 is 4.79 Å². The lowest BCUT2D eigenvalue weighted by Crippen LogP contribution is -2.27. The zero-order valence-corrected chi connectivity index (χ0v) is 19.3. The van der Waals surface area contributed by atoms with E-state index in [9.17, 15) is 4.79 Å². The van der Waals surface area contributed by atoms with Crippen molar-refractivity contribution in [1.29, 1.82) is 0 Å². The predicted molar refractivity (Wildman–Crippen MR) is 128 cm³/mol. The van der Waals surface area contributed by atoms with Crippen molar-refractivity contribution in [2.75, 3.05) is 12.8 Å². The lowest BCUT2D eigenvalue weighted by atomic mass is 10.2. The zero-order valence-electron chi connectivity index (χ0n) is 16.9. The number of thioether (sulfide) groups is 1. The Bertz CT molecular complexity index is 1150. The van der Waals surface area contributed by atoms with Crippen LogP contribution < -0.4 is 0 Å². The molecule has 1 amide bonds. The van der Waals surface area contributed by atoms with Crippen molar-refractivity contribution in [2.45, 2.75) is 18.2 Å². The third-order valence-corrected chi connectivity index (χ3v) is 6.88. The van der Waals surface area contributed by atoms with Crippen LogP contribution in [0.4, 0.5) is 0 Å². The predicted octanol–water partition coefficient (Wildman–Crippen LogP) is 5.46. The summed E-state index contributed by atoms with van der Waals surface area (Å²) < 4.78 is 2.02. The second-order valence-electron chi connectivity index (χ2n) is 6.98. The summed E-state index contributed by atoms with van der Waals surface area (Å²) in [5.41, 5.74) is 1.94. The van der Waals surface area contributed by atoms with Gasteiger partial charge in [-0.1, -0.05) is 71.9 Å². The fourth-order valence-corrected chi connectivity index (χ4v) is 4.96. The molecule has 4 aromatic rings. The molecule has 5 nitrogen and oxygen atoms in total. The summed E-state index contributed by atoms with van der Waals surface area (Å²) in [6.07, 6.45) is 0. The zero-order chi connectivity index (χ0) is 21.6. The van der Waals surface area contributed by atoms with Crippen LogP contribution >= 0.6 is 34.7 Å². The van der Waals surface area contributed by atoms with Crippen LogP contribution in [-0.4, -0.2) is 38.4 Å². The average molecular weight is 469 g/mol. The molecule has 4 rings (SSSR count). The quantitative estimate of drug-likeness (QED) is 0.322. The number of carbonyl (C=O) groups excluding carboxylic acids is 1. The van der Waals surface area contributed by atoms with Gasteiger partial charge < -0.3 is 4.90 Å². The van der Waals surface area contributed by atoms with Crippen molar-refractivity contribution in [3.05, 3.63) is 87.6 Å². The van der Waals surface area contributed by atoms with Crippen molar-refractivity contribution in [2.24, 2.45) is 0 Å². The highest BCUT2D eigenvalue weighted by Gasteiger charge is 2.19. The second kappa shape index (κ2) is 10.1. The molecule has 0 unspecified atom stereocenters. The fourth-order valence-electron chi connectivity index (χ4n) is 3.11. The van der Waals surface area contributed by atoms with Gasteiger partial charge in [-0.3, -0.25) is 9.36 Å². The van der Waals surface area contributed by atoms with E-state index in [2.05, 4.69) is 22.3 Å². The van der Waals surface area contributed by atoms with E-state index < -0.39 is 0 Å². The van der Waals surface area contributed by atoms with Crippen LogP contribution in [0, 0.1) is 0 Å². The Kier molecular flexibility index (Phi) is 7.06. The highest BCUT2D eigenvalue weighted by molar-refractivity contribution is 7.99. The molecule has 0 fully saturated rings. The van der Waals surface area contributed by atoms with Crippen molar-refractivity contribution in [3.8, 4) is 11.4 Å². The van der Waals surface area contributed by atoms with Gasteiger partial charge >= 0.3 is 0 Å². The van der Waals surface area contributed by atoms with Gasteiger partial charge in [0.1, 0.15) is 0 Å². The van der Waals surface area contributed by atoms with Crippen LogP contribution in [0.15, 0.2) is 77.3 Å². The first-order valence-electron chi connectivity index (χ1n) is 9.73. The van der Waals surface area contributed by atoms with Crippen LogP contribution in [-0.2, 0) is 17.9 Å². The van der Waals surface area contributed by atoms with Gasteiger partial charge in [-0.25, -0.2) is 0 Å². The maximum absolute atomic E-state index is 12.7. The summed E-state index contributed by atoms with van der Waals surface area (Å²) in [4.78, 5) is 15.6. The number of benzene rings is 2. The number of hydrogen-bond acceptors (Lipinski definition) is 5. The normalized spacial score (nSPS) is 10.9. The van der Waals surface area contributed by atoms with Gasteiger partial charge in [-0.05, 0) is 29.1 Å². The van der Waals surface area contributed by atoms with E-state index in [0.717, 1.165) is 16.0 Å². The Morgan fingerprint density at radius 2 is 1.84 bits per heavy atom. The maximum atomic E-state index is 12.7. The Balaban J connectivity index is 1.55. The molecular weight excluding hydrogens is 448 g/mol. The molecule has 0 saturated heterocycles. The molecule has 0 radical (unpaired) electrons. The summed E-state index contributed by atoms with van der Waals surface area (Å²) in [7, 11) is 1.83. The molecule has 0 aliphatic carbocycles. The standard InChI is InChI=1S/C23H21ClN4OS2/c1-27(15-18-10-7-13-30-18)21(29)16-31-23-26-25-22(19-11-5-6-12-20(19)24)28(23)14-17-8-3-2-4-9-17/h2-13H,14-16H2,1H3. The first-order valence-corrected chi connectivity index (χ1v) is 12.0. The Labute approximate surface area is 194 Å². The van der Waals surface area contributed by atoms with Gasteiger partial charge in [-0.15, -0.1) is 21.5 Å². The number of rotatable bonds is 8. The topological polar surface area (TPSA) is 51.0 Å². The molecule has 8 heteroatoms. The molecule has 0 spiro atoms. The van der Waals surface area contributed by atoms with Crippen LogP contribution in [0.5, 0.6) is 0 Å². The average Bonchev–Trinajstić information content (AvgIpc) is 3.43. The summed E-state index contributed by atoms with van der Waals surface area (Å²) in [6.45, 7) is 1.20. The number of carbonyl (C=O) groups is 1. The van der Waals surface area contributed by atoms with E-state index in [4.69, 9.17) is 11.6 Å². The second-order valence-corrected chi connectivity index (χ2v) is 9.36. The molecular formula is C23H21ClN4OS2. The molecule has 2 aromatic heterocycles. The summed E-state index contributed by atoms with van der Waals surface area (Å²) >= 11 is 9.48. The van der Waals surface area contributed by atoms with Crippen LogP contribution in [0.3, 0.4) is 0 Å². The third-order valence-electron chi connectivity index (χ3n) is 4.74. The first-order chi connectivity index (χ1) is 15.1. The van der Waals surface area contributed by atoms with Gasteiger partial charge in [0.05, 0.1) is 23.9 Å². The molecule has 0 aliphatic heterocycles. The van der Waals surface area contributed by atoms with Crippen LogP contribution in [0.2, 0.25) is 5.02 Å². The number of thiophene rings is 1. The number of hydrogen-bond donors (Lipinski definition) is 0. The molecule has 0 aliphatic rings. The highest BCUT2D eigenvalue weighted by Crippen LogP contribution is 2.30. The van der Waals surface area contributed by atoms with E-state index in [1.165, 1.54) is 11.8 Å². The van der Waals surface area contributed by atoms with Gasteiger partial charge in [0.15, 0.2) is 11.0 Å². The Morgan fingerprint density at radius 3 is 2.58 bits per heavy atom. The SMILES string of the molecule is CN(Cc1cccs1)C(=O)CSc1nnc(-c2ccccc2Cl)n1Cc1ccccc1. The van der Waals surface area contributed by atoms with Gasteiger partial charge in [0.25, 0.3) is 0 Å². The molecule has 0 N–H and O–H groups in total. The minimum Gasteiger partial charge on any atom is -0.340 e. The molecule has 2 heterocycles. The minimum absolute atomic E-state index is 0.0481. The monoisotopic (exact) mass is 468 g/mol. The number of aromatic nitrogens is 3.